The van der Waals surface area contributed by atoms with Crippen molar-refractivity contribution in [1.29, 1.82) is 0 Å². The van der Waals surface area contributed by atoms with Gasteiger partial charge in [0, 0.05) is 0 Å². The minimum atomic E-state index is 0.0377. The SMILES string of the molecule is CCC[I-]c1ccc(N(c2ccc([I-]CCC)cc2)c2c3ccccc3c(N(c3ccccc3)c3ccccc3)c3ccccc23)cc1. The Hall–Kier alpha value is -3.88. The van der Waals surface area contributed by atoms with Crippen LogP contribution in [0.4, 0.5) is 34.1 Å². The second-order valence-corrected chi connectivity index (χ2v) is 17.9. The van der Waals surface area contributed by atoms with Crippen molar-refractivity contribution in [3.05, 3.63) is 165 Å². The average molecular weight is 851 g/mol. The summed E-state index contributed by atoms with van der Waals surface area (Å²) in [6, 6.07) is 58.4. The Kier molecular flexibility index (Phi) is 10.6. The van der Waals surface area contributed by atoms with E-state index in [2.05, 4.69) is 181 Å². The van der Waals surface area contributed by atoms with Gasteiger partial charge in [0.15, 0.2) is 0 Å². The molecule has 0 aliphatic carbocycles. The summed E-state index contributed by atoms with van der Waals surface area (Å²) in [5.74, 6) is 0. The van der Waals surface area contributed by atoms with E-state index in [1.807, 2.05) is 0 Å². The van der Waals surface area contributed by atoms with Crippen LogP contribution in [0.3, 0.4) is 0 Å². The van der Waals surface area contributed by atoms with Crippen molar-refractivity contribution in [2.45, 2.75) is 26.7 Å². The van der Waals surface area contributed by atoms with Gasteiger partial charge in [-0.2, -0.15) is 0 Å². The molecule has 242 valence electrons. The summed E-state index contributed by atoms with van der Waals surface area (Å²) < 4.78 is 5.65. The number of alkyl halides is 2. The fraction of sp³-hybridized carbons (Fsp3) is 0.136. The molecule has 0 N–H and O–H groups in total. The van der Waals surface area contributed by atoms with Gasteiger partial charge >= 0.3 is 272 Å². The molecular formula is C44H40I2N2-2. The fourth-order valence-electron chi connectivity index (χ4n) is 6.30. The maximum absolute atomic E-state index is 2.51. The van der Waals surface area contributed by atoms with Gasteiger partial charge in [-0.3, -0.25) is 0 Å². The number of rotatable bonds is 12. The van der Waals surface area contributed by atoms with Gasteiger partial charge in [-0.25, -0.2) is 0 Å². The number of benzene rings is 7. The van der Waals surface area contributed by atoms with Crippen LogP contribution >= 0.6 is 0 Å². The van der Waals surface area contributed by atoms with Crippen LogP contribution in [0.2, 0.25) is 0 Å². The summed E-state index contributed by atoms with van der Waals surface area (Å²) in [5, 5.41) is 4.90. The molecule has 0 unspecified atom stereocenters. The van der Waals surface area contributed by atoms with E-state index in [0.29, 0.717) is 0 Å². The molecule has 0 fully saturated rings. The number of nitrogens with zero attached hydrogens (tertiary/aromatic N) is 2. The van der Waals surface area contributed by atoms with Crippen LogP contribution < -0.4 is 52.2 Å². The van der Waals surface area contributed by atoms with Gasteiger partial charge in [-0.15, -0.1) is 0 Å². The number of fused-ring (bicyclic) bond motifs is 2. The number of hydrogen-bond donors (Lipinski definition) is 0. The normalized spacial score (nSPS) is 11.4. The molecule has 0 radical (unpaired) electrons. The molecule has 0 atom stereocenters. The standard InChI is InChI=1S/C44H40I2N2/c1-3-31-45-33-23-27-37(28-24-33)48(38-29-25-34(26-30-38)46-32-4-2)44-41-21-13-11-19-39(41)43(40-20-12-14-22-42(40)44)47(35-15-7-5-8-16-35)36-17-9-6-10-18-36/h5-30H,3-4,31-32H2,1-2H3/q-2. The Morgan fingerprint density at radius 3 is 0.958 bits per heavy atom. The molecule has 0 bridgehead atoms. The third-order valence-electron chi connectivity index (χ3n) is 8.40. The van der Waals surface area contributed by atoms with Crippen LogP contribution in [0.1, 0.15) is 26.7 Å². The van der Waals surface area contributed by atoms with Crippen molar-refractivity contribution in [1.82, 2.24) is 0 Å². The Balaban J connectivity index is 1.51. The second kappa shape index (κ2) is 15.6. The molecule has 7 aromatic rings. The van der Waals surface area contributed by atoms with E-state index >= 15 is 0 Å². The first-order chi connectivity index (χ1) is 23.8. The zero-order valence-electron chi connectivity index (χ0n) is 27.5. The van der Waals surface area contributed by atoms with Crippen molar-refractivity contribution < 1.29 is 42.4 Å². The van der Waals surface area contributed by atoms with Crippen LogP contribution in [0.5, 0.6) is 0 Å². The van der Waals surface area contributed by atoms with Crippen molar-refractivity contribution >= 4 is 55.7 Å². The molecule has 7 rings (SSSR count). The number of halogens is 2. The van der Waals surface area contributed by atoms with Crippen molar-refractivity contribution in [2.75, 3.05) is 18.7 Å². The molecule has 0 saturated heterocycles. The van der Waals surface area contributed by atoms with E-state index in [0.717, 1.165) is 11.4 Å². The molecule has 0 heterocycles. The van der Waals surface area contributed by atoms with E-state index in [1.165, 1.54) is 73.1 Å². The van der Waals surface area contributed by atoms with Gasteiger partial charge < -0.3 is 0 Å². The molecule has 0 saturated carbocycles. The van der Waals surface area contributed by atoms with E-state index in [-0.39, 0.29) is 42.4 Å². The van der Waals surface area contributed by atoms with E-state index in [9.17, 15) is 0 Å². The monoisotopic (exact) mass is 850 g/mol. The number of para-hydroxylation sites is 2. The molecule has 7 aromatic carbocycles. The van der Waals surface area contributed by atoms with Gasteiger partial charge in [-0.05, 0) is 0 Å². The average Bonchev–Trinajstić information content (AvgIpc) is 3.16. The van der Waals surface area contributed by atoms with E-state index in [1.54, 1.807) is 0 Å². The van der Waals surface area contributed by atoms with E-state index < -0.39 is 0 Å². The molecule has 0 aliphatic rings. The Morgan fingerprint density at radius 2 is 0.646 bits per heavy atom. The van der Waals surface area contributed by atoms with Crippen LogP contribution in [0.25, 0.3) is 21.5 Å². The Bertz CT molecular complexity index is 1950. The predicted octanol–water partition coefficient (Wildman–Crippen LogP) is 6.27. The number of hydrogen-bond acceptors (Lipinski definition) is 2. The third-order valence-corrected chi connectivity index (χ3v) is 14.8. The van der Waals surface area contributed by atoms with Crippen LogP contribution in [0.15, 0.2) is 158 Å². The summed E-state index contributed by atoms with van der Waals surface area (Å²) in [6.45, 7) is 4.58. The summed E-state index contributed by atoms with van der Waals surface area (Å²) in [5.41, 5.74) is 7.09. The summed E-state index contributed by atoms with van der Waals surface area (Å²) in [7, 11) is 0. The van der Waals surface area contributed by atoms with Crippen LogP contribution in [0, 0.1) is 7.14 Å². The third kappa shape index (κ3) is 6.83. The molecule has 0 spiro atoms. The summed E-state index contributed by atoms with van der Waals surface area (Å²) in [6.07, 6.45) is 2.50. The Labute approximate surface area is 306 Å². The van der Waals surface area contributed by atoms with Gasteiger partial charge in [-0.1, -0.05) is 36.4 Å². The predicted molar refractivity (Wildman–Crippen MR) is 199 cm³/mol. The van der Waals surface area contributed by atoms with Gasteiger partial charge in [0.25, 0.3) is 0 Å². The molecular weight excluding hydrogens is 810 g/mol. The molecule has 0 aromatic heterocycles. The molecule has 48 heavy (non-hydrogen) atoms. The fourth-order valence-corrected chi connectivity index (χ4v) is 10.4. The second-order valence-electron chi connectivity index (χ2n) is 11.7. The first kappa shape index (κ1) is 32.7. The van der Waals surface area contributed by atoms with Crippen molar-refractivity contribution in [3.8, 4) is 0 Å². The molecule has 2 nitrogen and oxygen atoms in total. The maximum atomic E-state index is 2.51. The number of anilines is 6. The minimum absolute atomic E-state index is 0.0377. The molecule has 4 heteroatoms. The van der Waals surface area contributed by atoms with Crippen molar-refractivity contribution in [3.63, 3.8) is 0 Å². The van der Waals surface area contributed by atoms with Gasteiger partial charge in [0.2, 0.25) is 0 Å². The van der Waals surface area contributed by atoms with Gasteiger partial charge in [0.05, 0.1) is 0 Å². The first-order valence-electron chi connectivity index (χ1n) is 16.8. The molecule has 0 aliphatic heterocycles. The summed E-state index contributed by atoms with van der Waals surface area (Å²) >= 11 is 0.0755. The van der Waals surface area contributed by atoms with Crippen LogP contribution in [-0.4, -0.2) is 8.86 Å². The van der Waals surface area contributed by atoms with Crippen molar-refractivity contribution in [2.24, 2.45) is 0 Å². The quantitative estimate of drug-likeness (QED) is 0.0620. The van der Waals surface area contributed by atoms with Crippen LogP contribution in [-0.2, 0) is 0 Å². The first-order valence-corrected chi connectivity index (χ1v) is 22.0. The van der Waals surface area contributed by atoms with E-state index in [4.69, 9.17) is 0 Å². The van der Waals surface area contributed by atoms with Gasteiger partial charge in [0.1, 0.15) is 0 Å². The Morgan fingerprint density at radius 1 is 0.354 bits per heavy atom. The topological polar surface area (TPSA) is 6.48 Å². The zero-order chi connectivity index (χ0) is 32.7. The molecule has 0 amide bonds. The summed E-state index contributed by atoms with van der Waals surface area (Å²) in [4.78, 5) is 4.94. The zero-order valence-corrected chi connectivity index (χ0v) is 31.8.